The highest BCUT2D eigenvalue weighted by atomic mass is 16.2. The predicted molar refractivity (Wildman–Crippen MR) is 39.3 cm³/mol. The van der Waals surface area contributed by atoms with Crippen LogP contribution in [0.3, 0.4) is 0 Å². The number of nitrogens with two attached hydrogens (primary N) is 1. The Morgan fingerprint density at radius 1 is 1.73 bits per heavy atom. The van der Waals surface area contributed by atoms with Gasteiger partial charge < -0.3 is 10.6 Å². The van der Waals surface area contributed by atoms with E-state index in [1.54, 1.807) is 0 Å². The number of rotatable bonds is 2. The minimum atomic E-state index is -0.423. The number of amides is 2. The van der Waals surface area contributed by atoms with E-state index in [1.807, 2.05) is 6.42 Å². The third-order valence-electron chi connectivity index (χ3n) is 1.85. The summed E-state index contributed by atoms with van der Waals surface area (Å²) in [6.45, 7) is 0.608. The average molecular weight is 155 g/mol. The first-order valence-electron chi connectivity index (χ1n) is 3.57. The van der Waals surface area contributed by atoms with Gasteiger partial charge in [0.2, 0.25) is 12.3 Å². The van der Waals surface area contributed by atoms with Gasteiger partial charge in [-0.25, -0.2) is 0 Å². The lowest BCUT2D eigenvalue weighted by Crippen LogP contribution is -2.46. The number of piperidine rings is 1. The van der Waals surface area contributed by atoms with Crippen molar-refractivity contribution in [1.82, 2.24) is 4.90 Å². The Balaban J connectivity index is 2.58. The molecule has 1 aliphatic rings. The summed E-state index contributed by atoms with van der Waals surface area (Å²) in [6, 6.07) is -0.416. The molecular weight excluding hydrogens is 144 g/mol. The molecule has 4 heteroatoms. The van der Waals surface area contributed by atoms with E-state index < -0.39 is 11.9 Å². The smallest absolute Gasteiger partial charge is 0.240 e. The molecule has 1 unspecified atom stereocenters. The van der Waals surface area contributed by atoms with Crippen LogP contribution in [0.5, 0.6) is 0 Å². The molecule has 1 radical (unpaired) electrons. The zero-order valence-electron chi connectivity index (χ0n) is 6.19. The summed E-state index contributed by atoms with van der Waals surface area (Å²) >= 11 is 0. The number of carbonyl (C=O) groups excluding carboxylic acids is 2. The second-order valence-corrected chi connectivity index (χ2v) is 2.57. The molecule has 0 bridgehead atoms. The first-order valence-corrected chi connectivity index (χ1v) is 3.57. The minimum Gasteiger partial charge on any atom is -0.368 e. The Labute approximate surface area is 65.3 Å². The van der Waals surface area contributed by atoms with E-state index in [0.717, 1.165) is 6.42 Å². The van der Waals surface area contributed by atoms with Crippen molar-refractivity contribution in [2.24, 2.45) is 5.73 Å². The maximum atomic E-state index is 10.7. The highest BCUT2D eigenvalue weighted by Gasteiger charge is 2.25. The molecule has 0 aromatic heterocycles. The van der Waals surface area contributed by atoms with Crippen LogP contribution < -0.4 is 5.73 Å². The Morgan fingerprint density at radius 2 is 2.45 bits per heavy atom. The number of primary amides is 1. The number of hydrogen-bond donors (Lipinski definition) is 1. The van der Waals surface area contributed by atoms with Gasteiger partial charge in [-0.2, -0.15) is 0 Å². The number of carbonyl (C=O) groups is 2. The fourth-order valence-corrected chi connectivity index (χ4v) is 1.21. The molecule has 2 amide bonds. The molecule has 4 nitrogen and oxygen atoms in total. The van der Waals surface area contributed by atoms with Crippen LogP contribution in [0, 0.1) is 6.42 Å². The second kappa shape index (κ2) is 3.37. The van der Waals surface area contributed by atoms with Crippen LogP contribution >= 0.6 is 0 Å². The van der Waals surface area contributed by atoms with Crippen LogP contribution in [0.1, 0.15) is 12.8 Å². The third kappa shape index (κ3) is 1.69. The van der Waals surface area contributed by atoms with Crippen LogP contribution in [-0.4, -0.2) is 29.8 Å². The quantitative estimate of drug-likeness (QED) is 0.536. The standard InChI is InChI=1S/C7H11N2O2/c8-7(11)6-3-1-2-4-9(6)5-10/h1,5-6H,2-4H2,(H2,8,11). The van der Waals surface area contributed by atoms with Crippen molar-refractivity contribution in [1.29, 1.82) is 0 Å². The highest BCUT2D eigenvalue weighted by molar-refractivity contribution is 5.82. The average Bonchev–Trinajstić information content (AvgIpc) is 2.04. The molecule has 61 valence electrons. The summed E-state index contributed by atoms with van der Waals surface area (Å²) in [4.78, 5) is 22.6. The summed E-state index contributed by atoms with van der Waals surface area (Å²) < 4.78 is 0. The van der Waals surface area contributed by atoms with Crippen molar-refractivity contribution in [3.05, 3.63) is 6.42 Å². The molecule has 2 N–H and O–H groups in total. The van der Waals surface area contributed by atoms with E-state index in [0.29, 0.717) is 19.4 Å². The molecule has 1 rings (SSSR count). The molecule has 11 heavy (non-hydrogen) atoms. The fourth-order valence-electron chi connectivity index (χ4n) is 1.21. The van der Waals surface area contributed by atoms with Gasteiger partial charge in [-0.15, -0.1) is 0 Å². The molecule has 0 aromatic rings. The van der Waals surface area contributed by atoms with E-state index >= 15 is 0 Å². The highest BCUT2D eigenvalue weighted by Crippen LogP contribution is 2.13. The SMILES string of the molecule is NC(=O)C1C[CH]CCN1C=O. The molecule has 0 aliphatic carbocycles. The van der Waals surface area contributed by atoms with Crippen LogP contribution in [0.25, 0.3) is 0 Å². The predicted octanol–water partition coefficient (Wildman–Crippen LogP) is -0.703. The van der Waals surface area contributed by atoms with Crippen LogP contribution in [0.4, 0.5) is 0 Å². The second-order valence-electron chi connectivity index (χ2n) is 2.57. The molecule has 1 heterocycles. The topological polar surface area (TPSA) is 63.4 Å². The van der Waals surface area contributed by atoms with Crippen molar-refractivity contribution in [2.75, 3.05) is 6.54 Å². The molecule has 1 saturated heterocycles. The molecular formula is C7H11N2O2. The van der Waals surface area contributed by atoms with Crippen LogP contribution in [0.15, 0.2) is 0 Å². The molecule has 0 spiro atoms. The Bertz CT molecular complexity index is 170. The fraction of sp³-hybridized carbons (Fsp3) is 0.571. The number of likely N-dealkylation sites (tertiary alicyclic amines) is 1. The zero-order valence-corrected chi connectivity index (χ0v) is 6.19. The Hall–Kier alpha value is -1.06. The van der Waals surface area contributed by atoms with Gasteiger partial charge in [0.05, 0.1) is 0 Å². The van der Waals surface area contributed by atoms with Crippen molar-refractivity contribution < 1.29 is 9.59 Å². The van der Waals surface area contributed by atoms with Gasteiger partial charge in [-0.1, -0.05) is 0 Å². The van der Waals surface area contributed by atoms with Crippen molar-refractivity contribution in [2.45, 2.75) is 18.9 Å². The summed E-state index contributed by atoms with van der Waals surface area (Å²) in [7, 11) is 0. The van der Waals surface area contributed by atoms with Gasteiger partial charge >= 0.3 is 0 Å². The maximum absolute atomic E-state index is 10.7. The van der Waals surface area contributed by atoms with Gasteiger partial charge in [0.1, 0.15) is 6.04 Å². The molecule has 1 fully saturated rings. The van der Waals surface area contributed by atoms with Crippen LogP contribution in [0.2, 0.25) is 0 Å². The lowest BCUT2D eigenvalue weighted by atomic mass is 10.0. The zero-order chi connectivity index (χ0) is 8.27. The van der Waals surface area contributed by atoms with Gasteiger partial charge in [-0.3, -0.25) is 9.59 Å². The summed E-state index contributed by atoms with van der Waals surface area (Å²) in [5.41, 5.74) is 5.07. The Morgan fingerprint density at radius 3 is 2.91 bits per heavy atom. The number of hydrogen-bond acceptors (Lipinski definition) is 2. The monoisotopic (exact) mass is 155 g/mol. The van der Waals surface area contributed by atoms with E-state index in [4.69, 9.17) is 5.73 Å². The van der Waals surface area contributed by atoms with Gasteiger partial charge in [-0.05, 0) is 19.3 Å². The normalized spacial score (nSPS) is 24.7. The van der Waals surface area contributed by atoms with Crippen molar-refractivity contribution in [3.8, 4) is 0 Å². The van der Waals surface area contributed by atoms with E-state index in [1.165, 1.54) is 4.90 Å². The van der Waals surface area contributed by atoms with Crippen molar-refractivity contribution in [3.63, 3.8) is 0 Å². The molecule has 0 aromatic carbocycles. The molecule has 1 atom stereocenters. The van der Waals surface area contributed by atoms with Gasteiger partial charge in [0.25, 0.3) is 0 Å². The lowest BCUT2D eigenvalue weighted by molar-refractivity contribution is -0.131. The summed E-state index contributed by atoms with van der Waals surface area (Å²) in [5, 5.41) is 0. The Kier molecular flexibility index (Phi) is 2.46. The first kappa shape index (κ1) is 8.04. The molecule has 1 aliphatic heterocycles. The number of nitrogens with zero attached hydrogens (tertiary/aromatic N) is 1. The van der Waals surface area contributed by atoms with Gasteiger partial charge in [0, 0.05) is 6.54 Å². The summed E-state index contributed by atoms with van der Waals surface area (Å²) in [6.07, 6.45) is 4.11. The van der Waals surface area contributed by atoms with Gasteiger partial charge in [0.15, 0.2) is 0 Å². The lowest BCUT2D eigenvalue weighted by Gasteiger charge is -2.29. The van der Waals surface area contributed by atoms with Crippen molar-refractivity contribution >= 4 is 12.3 Å². The van der Waals surface area contributed by atoms with E-state index in [2.05, 4.69) is 0 Å². The summed E-state index contributed by atoms with van der Waals surface area (Å²) in [5.74, 6) is -0.423. The van der Waals surface area contributed by atoms with E-state index in [-0.39, 0.29) is 0 Å². The first-order chi connectivity index (χ1) is 5.25. The van der Waals surface area contributed by atoms with E-state index in [9.17, 15) is 9.59 Å². The maximum Gasteiger partial charge on any atom is 0.240 e. The van der Waals surface area contributed by atoms with Crippen LogP contribution in [-0.2, 0) is 9.59 Å². The largest absolute Gasteiger partial charge is 0.368 e. The minimum absolute atomic E-state index is 0.416. The molecule has 0 saturated carbocycles. The third-order valence-corrected chi connectivity index (χ3v) is 1.85.